The topological polar surface area (TPSA) is 48.9 Å². The highest BCUT2D eigenvalue weighted by Gasteiger charge is 2.40. The number of rotatable bonds is 1. The quantitative estimate of drug-likeness (QED) is 0.653. The van der Waals surface area contributed by atoms with Crippen LogP contribution >= 0.6 is 0 Å². The lowest BCUT2D eigenvalue weighted by molar-refractivity contribution is -0.209. The first kappa shape index (κ1) is 8.06. The van der Waals surface area contributed by atoms with Crippen molar-refractivity contribution in [3.63, 3.8) is 0 Å². The van der Waals surface area contributed by atoms with Gasteiger partial charge in [-0.15, -0.1) is 0 Å². The molecule has 11 heavy (non-hydrogen) atoms. The van der Waals surface area contributed by atoms with Crippen LogP contribution in [-0.2, 0) is 0 Å². The van der Waals surface area contributed by atoms with Crippen molar-refractivity contribution < 1.29 is 18.3 Å². The molecule has 0 aromatic carbocycles. The second-order valence-corrected chi connectivity index (χ2v) is 1.92. The number of hydrogen-bond donors (Lipinski definition) is 2. The zero-order chi connectivity index (χ0) is 8.48. The Hall–Kier alpha value is -1.04. The van der Waals surface area contributed by atoms with E-state index in [2.05, 4.69) is 9.97 Å². The largest absolute Gasteiger partial charge is 0.421 e. The van der Waals surface area contributed by atoms with Gasteiger partial charge in [-0.1, -0.05) is 0 Å². The molecule has 0 aliphatic rings. The van der Waals surface area contributed by atoms with Crippen LogP contribution in [0.5, 0.6) is 0 Å². The Bertz CT molecular complexity index is 218. The third-order valence-electron chi connectivity index (χ3n) is 1.09. The lowest BCUT2D eigenvalue weighted by Gasteiger charge is -2.10. The van der Waals surface area contributed by atoms with Gasteiger partial charge < -0.3 is 10.1 Å². The molecule has 1 atom stereocenters. The molecule has 1 aromatic rings. The highest BCUT2D eigenvalue weighted by molar-refractivity contribution is 4.94. The van der Waals surface area contributed by atoms with Gasteiger partial charge in [0.05, 0.1) is 0 Å². The van der Waals surface area contributed by atoms with Crippen molar-refractivity contribution in [1.29, 1.82) is 0 Å². The first-order valence-corrected chi connectivity index (χ1v) is 2.76. The van der Waals surface area contributed by atoms with Crippen molar-refractivity contribution in [2.45, 2.75) is 12.3 Å². The van der Waals surface area contributed by atoms with Crippen LogP contribution in [0, 0.1) is 0 Å². The van der Waals surface area contributed by atoms with Gasteiger partial charge in [-0.25, -0.2) is 4.98 Å². The summed E-state index contributed by atoms with van der Waals surface area (Å²) in [6.07, 6.45) is -4.82. The maximum absolute atomic E-state index is 11.7. The number of H-pyrrole nitrogens is 1. The van der Waals surface area contributed by atoms with E-state index in [-0.39, 0.29) is 0 Å². The summed E-state index contributed by atoms with van der Waals surface area (Å²) in [5.41, 5.74) is 0. The molecule has 0 saturated heterocycles. The molecule has 3 nitrogen and oxygen atoms in total. The van der Waals surface area contributed by atoms with Crippen LogP contribution < -0.4 is 0 Å². The van der Waals surface area contributed by atoms with Gasteiger partial charge in [0, 0.05) is 12.4 Å². The molecular formula is C5H5F3N2O. The van der Waals surface area contributed by atoms with Crippen LogP contribution in [-0.4, -0.2) is 21.3 Å². The van der Waals surface area contributed by atoms with E-state index in [9.17, 15) is 13.2 Å². The lowest BCUT2D eigenvalue weighted by atomic mass is 10.3. The number of alkyl halides is 3. The van der Waals surface area contributed by atoms with Gasteiger partial charge in [0.2, 0.25) is 6.10 Å². The Balaban J connectivity index is 2.78. The van der Waals surface area contributed by atoms with Gasteiger partial charge >= 0.3 is 6.18 Å². The maximum atomic E-state index is 11.7. The molecule has 0 radical (unpaired) electrons. The Morgan fingerprint density at radius 1 is 1.55 bits per heavy atom. The second kappa shape index (κ2) is 2.54. The number of nitrogens with zero attached hydrogens (tertiary/aromatic N) is 1. The second-order valence-electron chi connectivity index (χ2n) is 1.92. The molecule has 0 bridgehead atoms. The van der Waals surface area contributed by atoms with Crippen LogP contribution in [0.2, 0.25) is 0 Å². The Morgan fingerprint density at radius 3 is 2.55 bits per heavy atom. The monoisotopic (exact) mass is 166 g/mol. The molecular weight excluding hydrogens is 161 g/mol. The first-order chi connectivity index (χ1) is 5.02. The van der Waals surface area contributed by atoms with E-state index in [1.54, 1.807) is 0 Å². The fourth-order valence-corrected chi connectivity index (χ4v) is 0.582. The average Bonchev–Trinajstić information content (AvgIpc) is 2.34. The third kappa shape index (κ3) is 1.70. The van der Waals surface area contributed by atoms with Gasteiger partial charge in [0.25, 0.3) is 0 Å². The Labute approximate surface area is 59.9 Å². The average molecular weight is 166 g/mol. The van der Waals surface area contributed by atoms with E-state index in [1.165, 1.54) is 6.20 Å². The predicted molar refractivity (Wildman–Crippen MR) is 29.6 cm³/mol. The number of aromatic nitrogens is 2. The van der Waals surface area contributed by atoms with Crippen molar-refractivity contribution in [1.82, 2.24) is 9.97 Å². The van der Waals surface area contributed by atoms with Gasteiger partial charge in [0.15, 0.2) is 0 Å². The summed E-state index contributed by atoms with van der Waals surface area (Å²) >= 11 is 0. The van der Waals surface area contributed by atoms with Crippen LogP contribution in [0.25, 0.3) is 0 Å². The molecule has 0 spiro atoms. The number of aliphatic hydroxyl groups is 1. The number of halogens is 3. The van der Waals surface area contributed by atoms with E-state index in [0.717, 1.165) is 6.20 Å². The normalized spacial score (nSPS) is 14.9. The smallest absolute Gasteiger partial charge is 0.377 e. The summed E-state index contributed by atoms with van der Waals surface area (Å²) in [5.74, 6) is -0.488. The fraction of sp³-hybridized carbons (Fsp3) is 0.400. The van der Waals surface area contributed by atoms with Gasteiger partial charge in [-0.3, -0.25) is 0 Å². The zero-order valence-electron chi connectivity index (χ0n) is 5.26. The van der Waals surface area contributed by atoms with E-state index in [0.29, 0.717) is 0 Å². The molecule has 1 rings (SSSR count). The summed E-state index contributed by atoms with van der Waals surface area (Å²) in [6, 6.07) is 0. The number of aromatic amines is 1. The number of nitrogens with one attached hydrogen (secondary N) is 1. The Kier molecular flexibility index (Phi) is 1.86. The van der Waals surface area contributed by atoms with Crippen LogP contribution in [0.1, 0.15) is 11.9 Å². The van der Waals surface area contributed by atoms with E-state index >= 15 is 0 Å². The van der Waals surface area contributed by atoms with Crippen molar-refractivity contribution in [2.75, 3.05) is 0 Å². The molecule has 0 unspecified atom stereocenters. The van der Waals surface area contributed by atoms with E-state index in [4.69, 9.17) is 5.11 Å². The van der Waals surface area contributed by atoms with Crippen molar-refractivity contribution in [3.8, 4) is 0 Å². The molecule has 0 amide bonds. The summed E-state index contributed by atoms with van der Waals surface area (Å²) < 4.78 is 35.1. The minimum Gasteiger partial charge on any atom is -0.377 e. The van der Waals surface area contributed by atoms with Crippen LogP contribution in [0.15, 0.2) is 12.4 Å². The lowest BCUT2D eigenvalue weighted by Crippen LogP contribution is -2.21. The van der Waals surface area contributed by atoms with Gasteiger partial charge in [-0.05, 0) is 0 Å². The Morgan fingerprint density at radius 2 is 2.18 bits per heavy atom. The molecule has 2 N–H and O–H groups in total. The van der Waals surface area contributed by atoms with Crippen molar-refractivity contribution >= 4 is 0 Å². The zero-order valence-corrected chi connectivity index (χ0v) is 5.26. The molecule has 0 saturated carbocycles. The number of aliphatic hydroxyl groups excluding tert-OH is 1. The number of imidazole rings is 1. The number of hydrogen-bond acceptors (Lipinski definition) is 2. The fourth-order valence-electron chi connectivity index (χ4n) is 0.582. The van der Waals surface area contributed by atoms with Gasteiger partial charge in [-0.2, -0.15) is 13.2 Å². The molecule has 1 heterocycles. The molecule has 1 aromatic heterocycles. The predicted octanol–water partition coefficient (Wildman–Crippen LogP) is 1.01. The van der Waals surface area contributed by atoms with Crippen LogP contribution in [0.4, 0.5) is 13.2 Å². The van der Waals surface area contributed by atoms with Gasteiger partial charge in [0.1, 0.15) is 5.82 Å². The molecule has 0 aliphatic carbocycles. The third-order valence-corrected chi connectivity index (χ3v) is 1.09. The minimum atomic E-state index is -4.65. The SMILES string of the molecule is O[C@H](c1ncc[nH]1)C(F)(F)F. The standard InChI is InChI=1S/C5H5F3N2O/c6-5(7,8)3(11)4-9-1-2-10-4/h1-3,11H,(H,9,10)/t3-/m1/s1. The minimum absolute atomic E-state index is 0.488. The molecule has 0 fully saturated rings. The van der Waals surface area contributed by atoms with Crippen molar-refractivity contribution in [2.24, 2.45) is 0 Å². The van der Waals surface area contributed by atoms with Crippen molar-refractivity contribution in [3.05, 3.63) is 18.2 Å². The maximum Gasteiger partial charge on any atom is 0.421 e. The van der Waals surface area contributed by atoms with E-state index < -0.39 is 18.1 Å². The summed E-state index contributed by atoms with van der Waals surface area (Å²) in [7, 11) is 0. The molecule has 6 heteroatoms. The molecule has 0 aliphatic heterocycles. The first-order valence-electron chi connectivity index (χ1n) is 2.76. The van der Waals surface area contributed by atoms with Crippen LogP contribution in [0.3, 0.4) is 0 Å². The van der Waals surface area contributed by atoms with E-state index in [1.807, 2.05) is 0 Å². The highest BCUT2D eigenvalue weighted by atomic mass is 19.4. The highest BCUT2D eigenvalue weighted by Crippen LogP contribution is 2.29. The molecule has 62 valence electrons. The summed E-state index contributed by atoms with van der Waals surface area (Å²) in [5, 5.41) is 8.53. The summed E-state index contributed by atoms with van der Waals surface area (Å²) in [6.45, 7) is 0. The summed E-state index contributed by atoms with van der Waals surface area (Å²) in [4.78, 5) is 5.42.